The number of nitrogens with zero attached hydrogens (tertiary/aromatic N) is 1. The smallest absolute Gasteiger partial charge is 0.456 e. The van der Waals surface area contributed by atoms with Gasteiger partial charge >= 0.3 is 13.8 Å². The van der Waals surface area contributed by atoms with Crippen LogP contribution in [0, 0.1) is 0 Å². The number of carbonyl (C=O) groups is 2. The van der Waals surface area contributed by atoms with Crippen molar-refractivity contribution in [3.05, 3.63) is 97.2 Å². The van der Waals surface area contributed by atoms with Crippen molar-refractivity contribution in [2.45, 2.75) is 296 Å². The Hall–Kier alpha value is -3.07. The number of quaternary nitrogens is 1. The standard InChI is InChI=1S/C70H125N2O7P/c1-7-10-13-16-19-22-25-28-30-32-33-34-35-36-37-38-39-41-42-44-47-50-53-56-59-62-69(73)71-67(66-78-80(75,76)77-65-64-72(4,5)6)68(61-58-55-52-49-46-27-24-21-18-15-12-9-3)79-70(74)63-60-57-54-51-48-45-43-40-31-29-26-23-20-17-14-11-8-2/h10,13,19-20,22-23,28-31,33-34,36-37,58,61,67-68H,7-9,11-12,14-18,21,24-27,32,35,38-57,59-60,62-66H2,1-6H3,(H-,71,73,75,76)/p+1/b13-10-,22-19-,23-20-,30-28-,31-29-,34-33-,37-36-,61-58-. The van der Waals surface area contributed by atoms with E-state index in [0.717, 1.165) is 122 Å². The minimum absolute atomic E-state index is 0.0337. The van der Waals surface area contributed by atoms with Crippen molar-refractivity contribution in [2.75, 3.05) is 40.9 Å². The number of phosphoric ester groups is 1. The zero-order valence-corrected chi connectivity index (χ0v) is 53.7. The lowest BCUT2D eigenvalue weighted by molar-refractivity contribution is -0.870. The summed E-state index contributed by atoms with van der Waals surface area (Å²) in [6.07, 6.45) is 79.7. The molecule has 0 fully saturated rings. The lowest BCUT2D eigenvalue weighted by Gasteiger charge is -2.27. The molecule has 0 aliphatic rings. The highest BCUT2D eigenvalue weighted by molar-refractivity contribution is 7.47. The monoisotopic (exact) mass is 1140 g/mol. The Kier molecular flexibility index (Phi) is 56.8. The molecule has 0 radical (unpaired) electrons. The normalized spacial score (nSPS) is 14.2. The number of rotatable bonds is 59. The molecule has 0 rings (SSSR count). The van der Waals surface area contributed by atoms with Crippen LogP contribution in [0.5, 0.6) is 0 Å². The minimum atomic E-state index is -4.46. The predicted molar refractivity (Wildman–Crippen MR) is 346 cm³/mol. The fourth-order valence-electron chi connectivity index (χ4n) is 9.17. The van der Waals surface area contributed by atoms with E-state index in [0.29, 0.717) is 17.4 Å². The van der Waals surface area contributed by atoms with Gasteiger partial charge in [0.15, 0.2) is 0 Å². The molecule has 0 aromatic heterocycles. The molecule has 1 amide bonds. The van der Waals surface area contributed by atoms with Gasteiger partial charge in [-0.25, -0.2) is 4.57 Å². The van der Waals surface area contributed by atoms with Gasteiger partial charge in [-0.05, 0) is 109 Å². The molecule has 9 nitrogen and oxygen atoms in total. The molecule has 3 unspecified atom stereocenters. The van der Waals surface area contributed by atoms with Crippen LogP contribution >= 0.6 is 7.82 Å². The van der Waals surface area contributed by atoms with Crippen LogP contribution in [-0.4, -0.2) is 74.3 Å². The van der Waals surface area contributed by atoms with Gasteiger partial charge in [-0.3, -0.25) is 18.6 Å². The van der Waals surface area contributed by atoms with Crippen LogP contribution in [-0.2, 0) is 27.9 Å². The molecule has 0 aromatic carbocycles. The second-order valence-electron chi connectivity index (χ2n) is 23.3. The first kappa shape index (κ1) is 76.9. The van der Waals surface area contributed by atoms with Gasteiger partial charge in [-0.2, -0.15) is 0 Å². The summed E-state index contributed by atoms with van der Waals surface area (Å²) in [6.45, 7) is 6.87. The average molecular weight is 1140 g/mol. The molecule has 0 bridgehead atoms. The van der Waals surface area contributed by atoms with Crippen LogP contribution in [0.15, 0.2) is 97.2 Å². The summed E-state index contributed by atoms with van der Waals surface area (Å²) in [6, 6.07) is -0.860. The van der Waals surface area contributed by atoms with Crippen LogP contribution in [0.4, 0.5) is 0 Å². The molecule has 0 aromatic rings. The summed E-state index contributed by atoms with van der Waals surface area (Å²) in [7, 11) is 1.48. The summed E-state index contributed by atoms with van der Waals surface area (Å²) < 4.78 is 30.7. The lowest BCUT2D eigenvalue weighted by Crippen LogP contribution is -2.47. The van der Waals surface area contributed by atoms with E-state index in [2.05, 4.69) is 111 Å². The Bertz CT molecular complexity index is 1690. The highest BCUT2D eigenvalue weighted by atomic mass is 31.2. The summed E-state index contributed by atoms with van der Waals surface area (Å²) in [4.78, 5) is 37.8. The maximum absolute atomic E-state index is 13.6. The maximum atomic E-state index is 13.6. The first-order chi connectivity index (χ1) is 38.9. The van der Waals surface area contributed by atoms with Crippen molar-refractivity contribution in [3.8, 4) is 0 Å². The van der Waals surface area contributed by atoms with Gasteiger partial charge in [-0.1, -0.05) is 260 Å². The number of unbranched alkanes of at least 4 members (excludes halogenated alkanes) is 29. The molecular formula is C70H126N2O7P+. The Morgan fingerprint density at radius 2 is 0.800 bits per heavy atom. The lowest BCUT2D eigenvalue weighted by atomic mass is 10.0. The van der Waals surface area contributed by atoms with E-state index in [1.54, 1.807) is 0 Å². The summed E-state index contributed by atoms with van der Waals surface area (Å²) in [5.74, 6) is -0.521. The highest BCUT2D eigenvalue weighted by Gasteiger charge is 2.30. The van der Waals surface area contributed by atoms with Gasteiger partial charge in [0.2, 0.25) is 5.91 Å². The van der Waals surface area contributed by atoms with Crippen LogP contribution in [0.2, 0.25) is 0 Å². The van der Waals surface area contributed by atoms with Crippen LogP contribution in [0.1, 0.15) is 284 Å². The van der Waals surface area contributed by atoms with Gasteiger partial charge in [-0.15, -0.1) is 0 Å². The van der Waals surface area contributed by atoms with Crippen molar-refractivity contribution in [1.82, 2.24) is 5.32 Å². The van der Waals surface area contributed by atoms with Crippen molar-refractivity contribution in [2.24, 2.45) is 0 Å². The van der Waals surface area contributed by atoms with Crippen molar-refractivity contribution in [3.63, 3.8) is 0 Å². The van der Waals surface area contributed by atoms with E-state index in [1.807, 2.05) is 33.3 Å². The third kappa shape index (κ3) is 59.5. The number of allylic oxidation sites excluding steroid dienone is 15. The zero-order valence-electron chi connectivity index (χ0n) is 52.8. The summed E-state index contributed by atoms with van der Waals surface area (Å²) in [5.41, 5.74) is 0. The maximum Gasteiger partial charge on any atom is 0.472 e. The largest absolute Gasteiger partial charge is 0.472 e. The number of phosphoric acid groups is 1. The van der Waals surface area contributed by atoms with E-state index >= 15 is 0 Å². The number of esters is 1. The Morgan fingerprint density at radius 3 is 1.23 bits per heavy atom. The Labute approximate surface area is 494 Å². The van der Waals surface area contributed by atoms with E-state index in [-0.39, 0.29) is 31.5 Å². The molecule has 0 saturated carbocycles. The predicted octanol–water partition coefficient (Wildman–Crippen LogP) is 20.7. The second kappa shape index (κ2) is 59.1. The molecule has 80 heavy (non-hydrogen) atoms. The van der Waals surface area contributed by atoms with E-state index in [9.17, 15) is 19.0 Å². The third-order valence-electron chi connectivity index (χ3n) is 14.3. The van der Waals surface area contributed by atoms with E-state index in [1.165, 1.54) is 128 Å². The van der Waals surface area contributed by atoms with Gasteiger partial charge in [0, 0.05) is 12.8 Å². The number of hydrogen-bond acceptors (Lipinski definition) is 6. The van der Waals surface area contributed by atoms with Crippen molar-refractivity contribution < 1.29 is 37.3 Å². The van der Waals surface area contributed by atoms with Gasteiger partial charge in [0.05, 0.1) is 33.8 Å². The number of ether oxygens (including phenoxy) is 1. The average Bonchev–Trinajstić information content (AvgIpc) is 3.42. The zero-order chi connectivity index (χ0) is 58.6. The van der Waals surface area contributed by atoms with Gasteiger partial charge in [0.25, 0.3) is 0 Å². The molecule has 10 heteroatoms. The topological polar surface area (TPSA) is 111 Å². The third-order valence-corrected chi connectivity index (χ3v) is 15.2. The SMILES string of the molecule is CC/C=C\C/C=C\C/C=C\C/C=C\C/C=C\CCCCCCCCCCCC(=O)NC(COP(=O)(O)OCC[N+](C)(C)C)C(/C=C\CCCCCCCCCCCC)OC(=O)CCCCCCCCC/C=C\C/C=C\CCCCC. The molecule has 462 valence electrons. The first-order valence-corrected chi connectivity index (χ1v) is 34.6. The fraction of sp³-hybridized carbons (Fsp3) is 0.743. The molecule has 0 aliphatic heterocycles. The number of amides is 1. The number of nitrogens with one attached hydrogen (secondary N) is 1. The summed E-state index contributed by atoms with van der Waals surface area (Å²) in [5, 5.41) is 3.06. The highest BCUT2D eigenvalue weighted by Crippen LogP contribution is 2.43. The molecule has 0 spiro atoms. The van der Waals surface area contributed by atoms with Crippen molar-refractivity contribution in [1.29, 1.82) is 0 Å². The van der Waals surface area contributed by atoms with Crippen LogP contribution < -0.4 is 5.32 Å². The molecule has 0 saturated heterocycles. The molecule has 0 heterocycles. The van der Waals surface area contributed by atoms with Crippen molar-refractivity contribution >= 4 is 19.7 Å². The molecular weight excluding hydrogens is 1010 g/mol. The van der Waals surface area contributed by atoms with Crippen LogP contribution in [0.25, 0.3) is 0 Å². The van der Waals surface area contributed by atoms with Crippen LogP contribution in [0.3, 0.4) is 0 Å². The minimum Gasteiger partial charge on any atom is -0.456 e. The molecule has 0 aliphatic carbocycles. The van der Waals surface area contributed by atoms with Gasteiger partial charge in [0.1, 0.15) is 19.3 Å². The Morgan fingerprint density at radius 1 is 0.450 bits per heavy atom. The van der Waals surface area contributed by atoms with E-state index in [4.69, 9.17) is 13.8 Å². The second-order valence-corrected chi connectivity index (χ2v) is 24.7. The van der Waals surface area contributed by atoms with E-state index < -0.39 is 20.0 Å². The number of carbonyl (C=O) groups excluding carboxylic acids is 2. The van der Waals surface area contributed by atoms with Gasteiger partial charge < -0.3 is 19.4 Å². The number of hydrogen-bond donors (Lipinski definition) is 2. The first-order valence-electron chi connectivity index (χ1n) is 33.1. The summed E-state index contributed by atoms with van der Waals surface area (Å²) >= 11 is 0. The number of likely N-dealkylation sites (N-methyl/N-ethyl adjacent to an activating group) is 1. The quantitative estimate of drug-likeness (QED) is 0.0205. The Balaban J connectivity index is 5.16. The molecule has 3 atom stereocenters. The molecule has 2 N–H and O–H groups in total. The fourth-order valence-corrected chi connectivity index (χ4v) is 9.91.